The van der Waals surface area contributed by atoms with Crippen molar-refractivity contribution in [1.29, 1.82) is 0 Å². The smallest absolute Gasteiger partial charge is 0.341 e. The third-order valence-corrected chi connectivity index (χ3v) is 2.03. The minimum absolute atomic E-state index is 0.154. The lowest BCUT2D eigenvalue weighted by Crippen LogP contribution is -2.10. The average molecular weight is 224 g/mol. The van der Waals surface area contributed by atoms with Crippen molar-refractivity contribution in [3.8, 4) is 5.75 Å². The van der Waals surface area contributed by atoms with Gasteiger partial charge >= 0.3 is 11.9 Å². The fourth-order valence-corrected chi connectivity index (χ4v) is 1.30. The number of carbonyl (C=O) groups is 2. The number of hydrogen-bond acceptors (Lipinski definition) is 5. The van der Waals surface area contributed by atoms with Crippen LogP contribution < -0.4 is 4.74 Å². The van der Waals surface area contributed by atoms with Gasteiger partial charge in [-0.25, -0.2) is 9.59 Å². The molecule has 5 heteroatoms. The number of esters is 2. The molecule has 1 aromatic rings. The number of methoxy groups -OCH3 is 3. The van der Waals surface area contributed by atoms with Gasteiger partial charge in [0.1, 0.15) is 16.9 Å². The van der Waals surface area contributed by atoms with Gasteiger partial charge in [0.15, 0.2) is 0 Å². The molecule has 1 aromatic carbocycles. The Balaban J connectivity index is 3.31. The predicted octanol–water partition coefficient (Wildman–Crippen LogP) is 1.27. The Hall–Kier alpha value is -2.04. The van der Waals surface area contributed by atoms with Crippen LogP contribution in [0.3, 0.4) is 0 Å². The van der Waals surface area contributed by atoms with Gasteiger partial charge < -0.3 is 14.2 Å². The first-order valence-corrected chi connectivity index (χ1v) is 4.49. The molecule has 0 saturated carbocycles. The van der Waals surface area contributed by atoms with E-state index in [-0.39, 0.29) is 16.9 Å². The van der Waals surface area contributed by atoms with Crippen molar-refractivity contribution in [2.24, 2.45) is 0 Å². The monoisotopic (exact) mass is 224 g/mol. The molecule has 0 unspecified atom stereocenters. The third kappa shape index (κ3) is 2.13. The van der Waals surface area contributed by atoms with E-state index in [1.807, 2.05) is 0 Å². The lowest BCUT2D eigenvalue weighted by atomic mass is 10.1. The van der Waals surface area contributed by atoms with Crippen LogP contribution in [0.5, 0.6) is 5.75 Å². The first-order chi connectivity index (χ1) is 7.65. The normalized spacial score (nSPS) is 9.44. The molecule has 0 amide bonds. The molecule has 0 bridgehead atoms. The Bertz CT molecular complexity index is 377. The van der Waals surface area contributed by atoms with Gasteiger partial charge in [-0.1, -0.05) is 6.07 Å². The highest BCUT2D eigenvalue weighted by Gasteiger charge is 2.20. The highest BCUT2D eigenvalue weighted by atomic mass is 16.5. The van der Waals surface area contributed by atoms with Crippen molar-refractivity contribution >= 4 is 11.9 Å². The molecule has 0 saturated heterocycles. The van der Waals surface area contributed by atoms with Crippen molar-refractivity contribution < 1.29 is 23.8 Å². The van der Waals surface area contributed by atoms with Crippen molar-refractivity contribution in [2.45, 2.75) is 0 Å². The van der Waals surface area contributed by atoms with Crippen LogP contribution in [0.1, 0.15) is 20.7 Å². The number of ether oxygens (including phenoxy) is 3. The SMILES string of the molecule is COC(=O)c1cccc(C(=O)OC)c1OC. The molecule has 16 heavy (non-hydrogen) atoms. The third-order valence-electron chi connectivity index (χ3n) is 2.03. The van der Waals surface area contributed by atoms with Gasteiger partial charge in [0.05, 0.1) is 21.3 Å². The Morgan fingerprint density at radius 2 is 1.38 bits per heavy atom. The number of carbonyl (C=O) groups excluding carboxylic acids is 2. The summed E-state index contributed by atoms with van der Waals surface area (Å²) in [4.78, 5) is 22.8. The fraction of sp³-hybridized carbons (Fsp3) is 0.273. The molecule has 1 rings (SSSR count). The van der Waals surface area contributed by atoms with Gasteiger partial charge in [-0.3, -0.25) is 0 Å². The van der Waals surface area contributed by atoms with Gasteiger partial charge in [-0.2, -0.15) is 0 Å². The molecule has 0 N–H and O–H groups in total. The van der Waals surface area contributed by atoms with E-state index in [1.54, 1.807) is 6.07 Å². The Labute approximate surface area is 92.9 Å². The maximum absolute atomic E-state index is 11.4. The standard InChI is InChI=1S/C11H12O5/c1-14-9-7(10(12)15-2)5-4-6-8(9)11(13)16-3/h4-6H,1-3H3. The Kier molecular flexibility index (Phi) is 3.88. The highest BCUT2D eigenvalue weighted by Crippen LogP contribution is 2.25. The van der Waals surface area contributed by atoms with E-state index < -0.39 is 11.9 Å². The number of benzene rings is 1. The van der Waals surface area contributed by atoms with E-state index in [0.29, 0.717) is 0 Å². The molecule has 0 fully saturated rings. The summed E-state index contributed by atoms with van der Waals surface area (Å²) in [6.45, 7) is 0. The highest BCUT2D eigenvalue weighted by molar-refractivity contribution is 6.00. The molecule has 0 radical (unpaired) electrons. The molecular formula is C11H12O5. The second-order valence-corrected chi connectivity index (χ2v) is 2.87. The molecule has 86 valence electrons. The van der Waals surface area contributed by atoms with Gasteiger partial charge in [-0.15, -0.1) is 0 Å². The zero-order valence-electron chi connectivity index (χ0n) is 9.27. The topological polar surface area (TPSA) is 61.8 Å². The molecular weight excluding hydrogens is 212 g/mol. The van der Waals surface area contributed by atoms with E-state index in [0.717, 1.165) is 0 Å². The fourth-order valence-electron chi connectivity index (χ4n) is 1.30. The minimum Gasteiger partial charge on any atom is -0.495 e. The molecule has 0 spiro atoms. The summed E-state index contributed by atoms with van der Waals surface area (Å²) in [5, 5.41) is 0. The maximum Gasteiger partial charge on any atom is 0.341 e. The van der Waals surface area contributed by atoms with Crippen LogP contribution in [0.2, 0.25) is 0 Å². The van der Waals surface area contributed by atoms with Crippen molar-refractivity contribution in [3.05, 3.63) is 29.3 Å². The van der Waals surface area contributed by atoms with E-state index in [1.165, 1.54) is 33.5 Å². The first-order valence-electron chi connectivity index (χ1n) is 4.49. The number of rotatable bonds is 3. The van der Waals surface area contributed by atoms with E-state index in [4.69, 9.17) is 4.74 Å². The lowest BCUT2D eigenvalue weighted by Gasteiger charge is -2.10. The molecule has 0 aliphatic rings. The molecule has 0 aliphatic carbocycles. The summed E-state index contributed by atoms with van der Waals surface area (Å²) in [5.74, 6) is -0.980. The summed E-state index contributed by atoms with van der Waals surface area (Å²) >= 11 is 0. The summed E-state index contributed by atoms with van der Waals surface area (Å²) in [6, 6.07) is 4.58. The lowest BCUT2D eigenvalue weighted by molar-refractivity contribution is 0.0592. The molecule has 0 heterocycles. The van der Waals surface area contributed by atoms with Gasteiger partial charge in [-0.05, 0) is 12.1 Å². The molecule has 0 aliphatic heterocycles. The zero-order chi connectivity index (χ0) is 12.1. The van der Waals surface area contributed by atoms with Crippen LogP contribution in [0.4, 0.5) is 0 Å². The van der Waals surface area contributed by atoms with E-state index in [2.05, 4.69) is 9.47 Å². The maximum atomic E-state index is 11.4. The van der Waals surface area contributed by atoms with Crippen LogP contribution in [0, 0.1) is 0 Å². The molecule has 0 atom stereocenters. The van der Waals surface area contributed by atoms with Crippen molar-refractivity contribution in [1.82, 2.24) is 0 Å². The minimum atomic E-state index is -0.567. The van der Waals surface area contributed by atoms with E-state index in [9.17, 15) is 9.59 Å². The van der Waals surface area contributed by atoms with Crippen molar-refractivity contribution in [2.75, 3.05) is 21.3 Å². The molecule has 5 nitrogen and oxygen atoms in total. The first kappa shape index (κ1) is 12.0. The number of para-hydroxylation sites is 1. The van der Waals surface area contributed by atoms with Crippen LogP contribution in [-0.4, -0.2) is 33.3 Å². The van der Waals surface area contributed by atoms with Crippen LogP contribution >= 0.6 is 0 Å². The van der Waals surface area contributed by atoms with Crippen molar-refractivity contribution in [3.63, 3.8) is 0 Å². The average Bonchev–Trinajstić information content (AvgIpc) is 2.35. The van der Waals surface area contributed by atoms with E-state index >= 15 is 0 Å². The van der Waals surface area contributed by atoms with Gasteiger partial charge in [0.2, 0.25) is 0 Å². The summed E-state index contributed by atoms with van der Waals surface area (Å²) < 4.78 is 14.2. The zero-order valence-corrected chi connectivity index (χ0v) is 9.27. The second-order valence-electron chi connectivity index (χ2n) is 2.87. The quantitative estimate of drug-likeness (QED) is 0.723. The number of hydrogen-bond donors (Lipinski definition) is 0. The second kappa shape index (κ2) is 5.16. The van der Waals surface area contributed by atoms with Crippen LogP contribution in [0.25, 0.3) is 0 Å². The summed E-state index contributed by atoms with van der Waals surface area (Å²) in [7, 11) is 3.88. The summed E-state index contributed by atoms with van der Waals surface area (Å²) in [5.41, 5.74) is 0.376. The Morgan fingerprint density at radius 3 is 1.69 bits per heavy atom. The predicted molar refractivity (Wildman–Crippen MR) is 55.7 cm³/mol. The van der Waals surface area contributed by atoms with Gasteiger partial charge in [0, 0.05) is 0 Å². The largest absolute Gasteiger partial charge is 0.495 e. The molecule has 0 aromatic heterocycles. The van der Waals surface area contributed by atoms with Crippen LogP contribution in [0.15, 0.2) is 18.2 Å². The Morgan fingerprint density at radius 1 is 0.938 bits per heavy atom. The summed E-state index contributed by atoms with van der Waals surface area (Å²) in [6.07, 6.45) is 0. The van der Waals surface area contributed by atoms with Gasteiger partial charge in [0.25, 0.3) is 0 Å². The van der Waals surface area contributed by atoms with Crippen LogP contribution in [-0.2, 0) is 9.47 Å².